The Bertz CT molecular complexity index is 564. The average molecular weight is 302 g/mol. The molecule has 0 fully saturated rings. The molecule has 2 aromatic carbocycles. The highest BCUT2D eigenvalue weighted by molar-refractivity contribution is 6.30. The summed E-state index contributed by atoms with van der Waals surface area (Å²) in [6, 6.07) is 17.1. The lowest BCUT2D eigenvalue weighted by Crippen LogP contribution is -2.12. The van der Waals surface area contributed by atoms with Crippen molar-refractivity contribution in [2.45, 2.75) is 45.6 Å². The molecule has 0 aromatic heterocycles. The molecular formula is C19H24ClN. The second-order valence-corrected chi connectivity index (χ2v) is 6.92. The van der Waals surface area contributed by atoms with Gasteiger partial charge in [0.15, 0.2) is 0 Å². The standard InChI is InChI=1S/C19H24ClN/c1-5-18(14-6-10-16(20)11-7-14)21-17-12-8-15(9-13-17)19(2,3)4/h6-13,18,21H,5H2,1-4H3. The minimum absolute atomic E-state index is 0.193. The van der Waals surface area contributed by atoms with Crippen LogP contribution < -0.4 is 5.32 Å². The van der Waals surface area contributed by atoms with Gasteiger partial charge in [0.2, 0.25) is 0 Å². The highest BCUT2D eigenvalue weighted by atomic mass is 35.5. The Morgan fingerprint density at radius 1 is 0.952 bits per heavy atom. The Hall–Kier alpha value is -1.47. The second kappa shape index (κ2) is 6.53. The van der Waals surface area contributed by atoms with Crippen molar-refractivity contribution in [1.82, 2.24) is 0 Å². The quantitative estimate of drug-likeness (QED) is 0.709. The molecule has 2 heteroatoms. The Morgan fingerprint density at radius 2 is 1.52 bits per heavy atom. The smallest absolute Gasteiger partial charge is 0.0511 e. The first-order valence-corrected chi connectivity index (χ1v) is 7.90. The maximum Gasteiger partial charge on any atom is 0.0511 e. The van der Waals surface area contributed by atoms with Gasteiger partial charge in [0.05, 0.1) is 6.04 Å². The molecule has 0 amide bonds. The number of hydrogen-bond donors (Lipinski definition) is 1. The molecule has 0 saturated carbocycles. The number of nitrogens with one attached hydrogen (secondary N) is 1. The van der Waals surface area contributed by atoms with E-state index in [0.29, 0.717) is 6.04 Å². The Kier molecular flexibility index (Phi) is 4.95. The van der Waals surface area contributed by atoms with E-state index >= 15 is 0 Å². The van der Waals surface area contributed by atoms with E-state index in [1.807, 2.05) is 12.1 Å². The van der Waals surface area contributed by atoms with Gasteiger partial charge in [-0.15, -0.1) is 0 Å². The van der Waals surface area contributed by atoms with E-state index in [9.17, 15) is 0 Å². The second-order valence-electron chi connectivity index (χ2n) is 6.48. The lowest BCUT2D eigenvalue weighted by Gasteiger charge is -2.22. The van der Waals surface area contributed by atoms with Crippen molar-refractivity contribution >= 4 is 17.3 Å². The summed E-state index contributed by atoms with van der Waals surface area (Å²) in [5, 5.41) is 4.38. The van der Waals surface area contributed by atoms with Crippen molar-refractivity contribution in [3.05, 3.63) is 64.7 Å². The molecule has 112 valence electrons. The van der Waals surface area contributed by atoms with Crippen LogP contribution in [0.2, 0.25) is 5.02 Å². The molecule has 0 aliphatic heterocycles. The molecule has 1 atom stereocenters. The monoisotopic (exact) mass is 301 g/mol. The molecule has 0 radical (unpaired) electrons. The van der Waals surface area contributed by atoms with Crippen molar-refractivity contribution in [2.75, 3.05) is 5.32 Å². The van der Waals surface area contributed by atoms with Crippen LogP contribution in [-0.2, 0) is 5.41 Å². The number of rotatable bonds is 4. The lowest BCUT2D eigenvalue weighted by atomic mass is 9.87. The van der Waals surface area contributed by atoms with Crippen LogP contribution in [0.5, 0.6) is 0 Å². The summed E-state index contributed by atoms with van der Waals surface area (Å²) in [7, 11) is 0. The van der Waals surface area contributed by atoms with Crippen LogP contribution in [0.4, 0.5) is 5.69 Å². The molecule has 1 N–H and O–H groups in total. The predicted octanol–water partition coefficient (Wildman–Crippen LogP) is 6.20. The van der Waals surface area contributed by atoms with Crippen LogP contribution in [0.3, 0.4) is 0 Å². The molecule has 2 aromatic rings. The van der Waals surface area contributed by atoms with E-state index in [4.69, 9.17) is 11.6 Å². The van der Waals surface area contributed by atoms with Gasteiger partial charge in [-0.05, 0) is 47.2 Å². The van der Waals surface area contributed by atoms with E-state index in [1.165, 1.54) is 11.1 Å². The molecule has 1 nitrogen and oxygen atoms in total. The fourth-order valence-corrected chi connectivity index (χ4v) is 2.51. The summed E-state index contributed by atoms with van der Waals surface area (Å²) in [5.74, 6) is 0. The van der Waals surface area contributed by atoms with E-state index < -0.39 is 0 Å². The third kappa shape index (κ3) is 4.25. The summed E-state index contributed by atoms with van der Waals surface area (Å²) in [6.07, 6.45) is 1.03. The zero-order valence-electron chi connectivity index (χ0n) is 13.3. The van der Waals surface area contributed by atoms with Gasteiger partial charge in [-0.3, -0.25) is 0 Å². The van der Waals surface area contributed by atoms with Crippen LogP contribution in [0.25, 0.3) is 0 Å². The van der Waals surface area contributed by atoms with E-state index in [1.54, 1.807) is 0 Å². The summed E-state index contributed by atoms with van der Waals surface area (Å²) in [5.41, 5.74) is 3.97. The van der Waals surface area contributed by atoms with Gasteiger partial charge < -0.3 is 5.32 Å². The minimum atomic E-state index is 0.193. The van der Waals surface area contributed by atoms with Crippen LogP contribution in [0.15, 0.2) is 48.5 Å². The number of benzene rings is 2. The SMILES string of the molecule is CCC(Nc1ccc(C(C)(C)C)cc1)c1ccc(Cl)cc1. The molecule has 0 saturated heterocycles. The lowest BCUT2D eigenvalue weighted by molar-refractivity contribution is 0.590. The Labute approximate surface area is 133 Å². The summed E-state index contributed by atoms with van der Waals surface area (Å²) in [6.45, 7) is 8.89. The molecule has 2 rings (SSSR count). The van der Waals surface area contributed by atoms with E-state index in [-0.39, 0.29) is 5.41 Å². The average Bonchev–Trinajstić information content (AvgIpc) is 2.45. The number of halogens is 1. The van der Waals surface area contributed by atoms with Gasteiger partial charge in [-0.1, -0.05) is 63.6 Å². The third-order valence-corrected chi connectivity index (χ3v) is 4.02. The Morgan fingerprint density at radius 3 is 2.00 bits per heavy atom. The van der Waals surface area contributed by atoms with E-state index in [2.05, 4.69) is 69.4 Å². The molecule has 21 heavy (non-hydrogen) atoms. The molecule has 0 aliphatic carbocycles. The summed E-state index contributed by atoms with van der Waals surface area (Å²) >= 11 is 5.96. The largest absolute Gasteiger partial charge is 0.378 e. The van der Waals surface area contributed by atoms with Gasteiger partial charge in [-0.25, -0.2) is 0 Å². The summed E-state index contributed by atoms with van der Waals surface area (Å²) in [4.78, 5) is 0. The highest BCUT2D eigenvalue weighted by Gasteiger charge is 2.14. The topological polar surface area (TPSA) is 12.0 Å². The normalized spacial score (nSPS) is 13.0. The van der Waals surface area contributed by atoms with Gasteiger partial charge in [-0.2, -0.15) is 0 Å². The van der Waals surface area contributed by atoms with Crippen molar-refractivity contribution in [1.29, 1.82) is 0 Å². The molecule has 0 spiro atoms. The van der Waals surface area contributed by atoms with Gasteiger partial charge in [0.1, 0.15) is 0 Å². The van der Waals surface area contributed by atoms with Gasteiger partial charge in [0.25, 0.3) is 0 Å². The van der Waals surface area contributed by atoms with Crippen LogP contribution in [-0.4, -0.2) is 0 Å². The van der Waals surface area contributed by atoms with Crippen molar-refractivity contribution in [2.24, 2.45) is 0 Å². The van der Waals surface area contributed by atoms with Crippen LogP contribution in [0, 0.1) is 0 Å². The fraction of sp³-hybridized carbons (Fsp3) is 0.368. The van der Waals surface area contributed by atoms with Crippen molar-refractivity contribution in [3.8, 4) is 0 Å². The first kappa shape index (κ1) is 15.9. The van der Waals surface area contributed by atoms with Crippen LogP contribution >= 0.6 is 11.6 Å². The minimum Gasteiger partial charge on any atom is -0.378 e. The van der Waals surface area contributed by atoms with Gasteiger partial charge in [0, 0.05) is 10.7 Å². The molecule has 0 heterocycles. The predicted molar refractivity (Wildman–Crippen MR) is 93.2 cm³/mol. The Balaban J connectivity index is 2.13. The number of hydrogen-bond acceptors (Lipinski definition) is 1. The summed E-state index contributed by atoms with van der Waals surface area (Å²) < 4.78 is 0. The molecule has 1 unspecified atom stereocenters. The molecule has 0 bridgehead atoms. The molecular weight excluding hydrogens is 278 g/mol. The molecule has 0 aliphatic rings. The van der Waals surface area contributed by atoms with E-state index in [0.717, 1.165) is 17.1 Å². The van der Waals surface area contributed by atoms with Crippen LogP contribution in [0.1, 0.15) is 51.3 Å². The fourth-order valence-electron chi connectivity index (χ4n) is 2.38. The van der Waals surface area contributed by atoms with Crippen molar-refractivity contribution in [3.63, 3.8) is 0 Å². The zero-order chi connectivity index (χ0) is 15.5. The van der Waals surface area contributed by atoms with Gasteiger partial charge >= 0.3 is 0 Å². The van der Waals surface area contributed by atoms with Crippen molar-refractivity contribution < 1.29 is 0 Å². The first-order valence-electron chi connectivity index (χ1n) is 7.52. The maximum atomic E-state index is 5.96. The highest BCUT2D eigenvalue weighted by Crippen LogP contribution is 2.27. The third-order valence-electron chi connectivity index (χ3n) is 3.77. The number of anilines is 1. The zero-order valence-corrected chi connectivity index (χ0v) is 14.0. The first-order chi connectivity index (χ1) is 9.90. The maximum absolute atomic E-state index is 5.96.